The van der Waals surface area contributed by atoms with Gasteiger partial charge in [0.25, 0.3) is 17.4 Å². The topological polar surface area (TPSA) is 541 Å². The Bertz CT molecular complexity index is 5050. The lowest BCUT2D eigenvalue weighted by Gasteiger charge is -2.29. The number of H-pyrrole nitrogens is 3. The van der Waals surface area contributed by atoms with E-state index in [0.29, 0.717) is 78.0 Å². The van der Waals surface area contributed by atoms with E-state index in [0.717, 1.165) is 63.1 Å². The number of amides is 4. The van der Waals surface area contributed by atoms with Crippen molar-refractivity contribution in [1.82, 2.24) is 50.8 Å². The number of aromatic amines is 3. The lowest BCUT2D eigenvalue weighted by Crippen LogP contribution is -2.46. The van der Waals surface area contributed by atoms with E-state index in [4.69, 9.17) is 41.5 Å². The molecular weight excluding hydrogens is 1480 g/mol. The fourth-order valence-electron chi connectivity index (χ4n) is 12.9. The van der Waals surface area contributed by atoms with Crippen LogP contribution in [0.15, 0.2) is 125 Å². The predicted octanol–water partition coefficient (Wildman–Crippen LogP) is 5.50. The highest BCUT2D eigenvalue weighted by Gasteiger charge is 2.67. The maximum Gasteiger partial charge on any atom is 0.373 e. The second-order valence-electron chi connectivity index (χ2n) is 26.4. The first-order valence-electron chi connectivity index (χ1n) is 35.1. The summed E-state index contributed by atoms with van der Waals surface area (Å²) in [6.07, 6.45) is 5.91. The molecule has 3 aliphatic rings. The summed E-state index contributed by atoms with van der Waals surface area (Å²) in [6, 6.07) is 27.2. The molecule has 2 aliphatic carbocycles. The number of allylic oxidation sites excluding steroid dienone is 2. The van der Waals surface area contributed by atoms with E-state index in [1.165, 1.54) is 34.7 Å². The molecule has 6 atom stereocenters. The number of aromatic nitrogens is 6. The number of nitrogen functional groups attached to an aromatic ring is 1. The summed E-state index contributed by atoms with van der Waals surface area (Å²) in [4.78, 5) is 210. The number of carbonyl (C=O) groups is 11. The number of nitrogens with zero attached hydrogens (tertiary/aromatic N) is 5. The summed E-state index contributed by atoms with van der Waals surface area (Å²) in [7, 11) is 3.03. The van der Waals surface area contributed by atoms with Crippen molar-refractivity contribution in [3.8, 4) is 0 Å². The fraction of sp³-hybridized carbons (Fsp3) is 0.342. The van der Waals surface area contributed by atoms with Gasteiger partial charge in [-0.05, 0) is 129 Å². The maximum atomic E-state index is 13.8. The monoisotopic (exact) mass is 1560 g/mol. The van der Waals surface area contributed by atoms with E-state index in [1.54, 1.807) is 35.2 Å². The first-order valence-corrected chi connectivity index (χ1v) is 37.5. The number of aliphatic carboxylic acids is 2. The van der Waals surface area contributed by atoms with Crippen molar-refractivity contribution < 1.29 is 82.1 Å². The molecule has 2 unspecified atom stereocenters. The highest BCUT2D eigenvalue weighted by Crippen LogP contribution is 2.66. The van der Waals surface area contributed by atoms with Gasteiger partial charge in [-0.25, -0.2) is 9.97 Å². The molecule has 0 radical (unpaired) electrons. The van der Waals surface area contributed by atoms with Crippen LogP contribution in [-0.2, 0) is 77.5 Å². The van der Waals surface area contributed by atoms with Crippen LogP contribution >= 0.6 is 21.6 Å². The van der Waals surface area contributed by atoms with Crippen LogP contribution in [0.3, 0.4) is 0 Å². The number of carbonyl (C=O) groups excluding carboxylic acids is 13. The van der Waals surface area contributed by atoms with E-state index in [2.05, 4.69) is 56.2 Å². The number of likely N-dealkylation sites (tertiary alicyclic amines) is 1. The van der Waals surface area contributed by atoms with Gasteiger partial charge >= 0.3 is 24.2 Å². The van der Waals surface area contributed by atoms with Crippen molar-refractivity contribution >= 4 is 149 Å². The summed E-state index contributed by atoms with van der Waals surface area (Å²) in [6.45, 7) is 5.68. The number of piperidine rings is 1. The van der Waals surface area contributed by atoms with Crippen LogP contribution in [-0.4, -0.2) is 171 Å². The van der Waals surface area contributed by atoms with E-state index < -0.39 is 65.3 Å². The summed E-state index contributed by atoms with van der Waals surface area (Å²) in [5.41, 5.74) is 24.0. The molecule has 4 aromatic heterocycles. The number of benzene rings is 4. The average molecular weight is 1560 g/mol. The highest BCUT2D eigenvalue weighted by atomic mass is 33.1. The number of ketones is 5. The minimum Gasteiger partial charge on any atom is -0.481 e. The number of carboxylic acids is 2. The molecule has 1 saturated heterocycles. The number of nitrogens with two attached hydrogens (primary N) is 3. The third kappa shape index (κ3) is 22.8. The second-order valence-corrected chi connectivity index (χ2v) is 29.0. The normalized spacial score (nSPS) is 15.1. The van der Waals surface area contributed by atoms with E-state index in [1.807, 2.05) is 79.7 Å². The van der Waals surface area contributed by atoms with Gasteiger partial charge < -0.3 is 63.5 Å². The number of guanidine groups is 1. The molecular formula is C76H81N15O18S2. The average Bonchev–Trinajstić information content (AvgIpc) is 1.50. The molecule has 1 saturated carbocycles. The number of hydrogen-bond acceptors (Lipinski definition) is 24. The molecule has 0 bridgehead atoms. The molecule has 35 heteroatoms. The third-order valence-electron chi connectivity index (χ3n) is 18.6. The summed E-state index contributed by atoms with van der Waals surface area (Å²) in [5.74, 6) is -4.74. The zero-order valence-electron chi connectivity index (χ0n) is 60.5. The molecule has 111 heavy (non-hydrogen) atoms. The third-order valence-corrected chi connectivity index (χ3v) is 21.1. The van der Waals surface area contributed by atoms with Gasteiger partial charge in [0.15, 0.2) is 40.3 Å². The van der Waals surface area contributed by atoms with Gasteiger partial charge in [0.1, 0.15) is 11.5 Å². The van der Waals surface area contributed by atoms with Crippen LogP contribution in [0.25, 0.3) is 33.0 Å². The first-order chi connectivity index (χ1) is 53.1. The molecule has 1 spiro atoms. The molecule has 4 amide bonds. The summed E-state index contributed by atoms with van der Waals surface area (Å²) in [5, 5.41) is 30.8. The zero-order chi connectivity index (χ0) is 80.6. The van der Waals surface area contributed by atoms with Crippen molar-refractivity contribution in [2.45, 2.75) is 115 Å². The number of carboxylic acid groups (broad SMARTS) is 2. The Morgan fingerprint density at radius 2 is 1.45 bits per heavy atom. The lowest BCUT2D eigenvalue weighted by atomic mass is 9.81. The number of aliphatic imine (C=N–C) groups is 1. The minimum atomic E-state index is -1.28. The highest BCUT2D eigenvalue weighted by molar-refractivity contribution is 8.76. The molecule has 580 valence electrons. The number of fused-ring (bicyclic) bond motifs is 4. The van der Waals surface area contributed by atoms with Crippen LogP contribution in [0.5, 0.6) is 0 Å². The smallest absolute Gasteiger partial charge is 0.373 e. The Hall–Kier alpha value is -12.6. The largest absolute Gasteiger partial charge is 0.481 e. The van der Waals surface area contributed by atoms with E-state index in [9.17, 15) is 62.6 Å². The zero-order valence-corrected chi connectivity index (χ0v) is 62.1. The van der Waals surface area contributed by atoms with Crippen molar-refractivity contribution in [3.05, 3.63) is 170 Å². The number of rotatable bonds is 35. The van der Waals surface area contributed by atoms with Gasteiger partial charge in [0.05, 0.1) is 48.6 Å². The fourth-order valence-corrected chi connectivity index (χ4v) is 15.3. The molecule has 33 nitrogen and oxygen atoms in total. The molecule has 2 fully saturated rings. The number of nitrogens with one attached hydrogen (secondary N) is 7. The predicted molar refractivity (Wildman–Crippen MR) is 407 cm³/mol. The van der Waals surface area contributed by atoms with E-state index >= 15 is 0 Å². The first kappa shape index (κ1) is 84.0. The van der Waals surface area contributed by atoms with Crippen LogP contribution in [0, 0.1) is 17.8 Å². The number of Topliss-reactive ketones (excluding diaryl/α,β-unsaturated/α-hetero) is 4. The van der Waals surface area contributed by atoms with Gasteiger partial charge in [0.2, 0.25) is 17.8 Å². The summed E-state index contributed by atoms with van der Waals surface area (Å²) < 4.78 is 0. The van der Waals surface area contributed by atoms with Gasteiger partial charge in [-0.2, -0.15) is 24.2 Å². The lowest BCUT2D eigenvalue weighted by molar-refractivity contribution is -0.193. The maximum absolute atomic E-state index is 13.8. The Morgan fingerprint density at radius 3 is 2.11 bits per heavy atom. The standard InChI is InChI=1S/C41H37N3O6S2.C33H44N12O8.2CO2/c1-2-25(40(49)50)22-52-51-12-11-29(45)15-23-7-9-32-26(13-23)17-34(42-32)37(47)16-24-8-10-33-27(14-24)18-35(43-33)39(48)44-21-28-20-41(28)31-6-4-3-5-30(31)36(46)19-38(41)44;1-17(24(47)13-20(5-3-12-38-32(34)35)30(52)43-23(18(2)46)14-26(49)50)41-25(48)6-4-11-37-29(51)19-7-9-21(10-8-19)39-15-22-16-40-28-27(42-22)31(53)45-33(36)44-28;2*2-1-3/h3-10,13-14,17-19,25,28,42-43H,2,11-12,15-16,20-22H2,1H3,(H,49,50);7-10,16-17,20,23,39H,3-6,11-15H2,1-2H3,(H,37,51)(H,41,48)(H,43,52)(H,49,50)(H4,34,35,38)(H3,36,40,44,45,53);;/t25-,28?,41?;17-,20+,23-;;/m00../s1. The van der Waals surface area contributed by atoms with E-state index in [-0.39, 0.29) is 128 Å². The Labute approximate surface area is 640 Å². The van der Waals surface area contributed by atoms with Gasteiger partial charge in [-0.3, -0.25) is 67.5 Å². The van der Waals surface area contributed by atoms with Crippen LogP contribution in [0.2, 0.25) is 0 Å². The molecule has 11 rings (SSSR count). The molecule has 4 aromatic carbocycles. The number of hydrogen-bond donors (Lipinski definition) is 12. The van der Waals surface area contributed by atoms with Crippen molar-refractivity contribution in [3.63, 3.8) is 0 Å². The van der Waals surface area contributed by atoms with Gasteiger partial charge in [0, 0.05) is 125 Å². The quantitative estimate of drug-likeness (QED) is 0.00767. The van der Waals surface area contributed by atoms with Crippen LogP contribution < -0.4 is 44.0 Å². The molecule has 5 heterocycles. The Kier molecular flexibility index (Phi) is 29.9. The van der Waals surface area contributed by atoms with Crippen LogP contribution in [0.4, 0.5) is 11.6 Å². The summed E-state index contributed by atoms with van der Waals surface area (Å²) >= 11 is 0. The van der Waals surface area contributed by atoms with Gasteiger partial charge in [-0.15, -0.1) is 0 Å². The van der Waals surface area contributed by atoms with Crippen molar-refractivity contribution in [2.24, 2.45) is 34.2 Å². The Morgan fingerprint density at radius 1 is 0.784 bits per heavy atom. The van der Waals surface area contributed by atoms with Crippen molar-refractivity contribution in [1.29, 1.82) is 0 Å². The Balaban J connectivity index is 0.000000260. The molecule has 8 aromatic rings. The van der Waals surface area contributed by atoms with Gasteiger partial charge in [-0.1, -0.05) is 64.9 Å². The number of anilines is 2. The van der Waals surface area contributed by atoms with Crippen molar-refractivity contribution in [2.75, 3.05) is 42.2 Å². The van der Waals surface area contributed by atoms with Crippen LogP contribution in [0.1, 0.15) is 143 Å². The second kappa shape index (κ2) is 39.5. The molecule has 15 N–H and O–H groups in total. The minimum absolute atomic E-state index is 0.00560. The molecule has 1 aliphatic heterocycles. The SMILES string of the molecule is CC(=O)[C@H](CC(=O)O)NC(=O)[C@H](CCCN=C(N)N)CC(=O)[C@H](C)NC(=O)CCCNC(=O)c1ccc(NCc2cnc3nc(N)[nH]c(=O)c3n2)cc1.CC[C@@H](CSSCCC(=O)Cc1ccc2[nH]c(C(=O)Cc3ccc4[nH]c(C(=O)N5CC6CC67C5=CC(=O)c5ccccc57)cc4c3)cc2c1)C(=O)O.O=C=O.O=C=O.